The van der Waals surface area contributed by atoms with E-state index in [2.05, 4.69) is 0 Å². The Balaban J connectivity index is 2.76. The summed E-state index contributed by atoms with van der Waals surface area (Å²) in [4.78, 5) is 10.4. The van der Waals surface area contributed by atoms with Crippen molar-refractivity contribution < 1.29 is 9.90 Å². The topological polar surface area (TPSA) is 61.1 Å². The van der Waals surface area contributed by atoms with Crippen molar-refractivity contribution in [2.45, 2.75) is 0 Å². The van der Waals surface area contributed by atoms with Gasteiger partial charge >= 0.3 is 5.97 Å². The summed E-state index contributed by atoms with van der Waals surface area (Å²) in [5.41, 5.74) is 0.679. The zero-order valence-corrected chi connectivity index (χ0v) is 7.92. The van der Waals surface area contributed by atoms with Crippen molar-refractivity contribution in [1.82, 2.24) is 0 Å². The van der Waals surface area contributed by atoms with Crippen molar-refractivity contribution in [3.63, 3.8) is 0 Å². The van der Waals surface area contributed by atoms with Crippen molar-refractivity contribution in [2.75, 3.05) is 0 Å². The molecule has 0 fully saturated rings. The minimum Gasteiger partial charge on any atom is -0.477 e. The second-order valence-corrected chi connectivity index (χ2v) is 2.77. The SMILES string of the molecule is N#C/C(=C\C=C\c1ccccc1)C(=O)O. The second kappa shape index (κ2) is 5.40. The van der Waals surface area contributed by atoms with E-state index >= 15 is 0 Å². The van der Waals surface area contributed by atoms with Gasteiger partial charge in [0.25, 0.3) is 0 Å². The number of rotatable bonds is 3. The minimum atomic E-state index is -1.21. The number of carboxylic acids is 1. The monoisotopic (exact) mass is 199 g/mol. The van der Waals surface area contributed by atoms with E-state index in [9.17, 15) is 4.79 Å². The second-order valence-electron chi connectivity index (χ2n) is 2.77. The van der Waals surface area contributed by atoms with Crippen molar-refractivity contribution in [3.05, 3.63) is 53.6 Å². The lowest BCUT2D eigenvalue weighted by Gasteiger charge is -1.89. The van der Waals surface area contributed by atoms with Crippen LogP contribution in [0.25, 0.3) is 6.08 Å². The van der Waals surface area contributed by atoms with Crippen LogP contribution in [-0.2, 0) is 4.79 Å². The van der Waals surface area contributed by atoms with Crippen LogP contribution in [0, 0.1) is 11.3 Å². The van der Waals surface area contributed by atoms with Gasteiger partial charge < -0.3 is 5.11 Å². The Kier molecular flexibility index (Phi) is 3.87. The molecule has 3 nitrogen and oxygen atoms in total. The lowest BCUT2D eigenvalue weighted by Crippen LogP contribution is -1.96. The summed E-state index contributed by atoms with van der Waals surface area (Å²) in [7, 11) is 0. The van der Waals surface area contributed by atoms with Crippen LogP contribution in [0.3, 0.4) is 0 Å². The predicted molar refractivity (Wildman–Crippen MR) is 56.8 cm³/mol. The highest BCUT2D eigenvalue weighted by molar-refractivity contribution is 5.91. The highest BCUT2D eigenvalue weighted by atomic mass is 16.4. The molecule has 0 heterocycles. The first-order chi connectivity index (χ1) is 7.24. The third kappa shape index (κ3) is 3.49. The summed E-state index contributed by atoms with van der Waals surface area (Å²) in [5, 5.41) is 17.0. The van der Waals surface area contributed by atoms with Crippen molar-refractivity contribution in [2.24, 2.45) is 0 Å². The summed E-state index contributed by atoms with van der Waals surface area (Å²) in [6.45, 7) is 0. The number of nitriles is 1. The van der Waals surface area contributed by atoms with Gasteiger partial charge in [0.1, 0.15) is 11.6 Å². The molecular formula is C12H9NO2. The van der Waals surface area contributed by atoms with Crippen LogP contribution in [0.1, 0.15) is 5.56 Å². The molecule has 0 aliphatic carbocycles. The molecule has 0 atom stereocenters. The first-order valence-corrected chi connectivity index (χ1v) is 4.31. The highest BCUT2D eigenvalue weighted by Crippen LogP contribution is 2.02. The molecule has 0 bridgehead atoms. The number of nitrogens with zero attached hydrogens (tertiary/aromatic N) is 1. The van der Waals surface area contributed by atoms with Gasteiger partial charge in [-0.25, -0.2) is 4.79 Å². The molecule has 0 unspecified atom stereocenters. The standard InChI is InChI=1S/C12H9NO2/c13-9-11(12(14)15)8-4-7-10-5-2-1-3-6-10/h1-8H,(H,14,15)/b7-4+,11-8+. The maximum Gasteiger partial charge on any atom is 0.346 e. The number of hydrogen-bond acceptors (Lipinski definition) is 2. The van der Waals surface area contributed by atoms with Gasteiger partial charge in [-0.2, -0.15) is 5.26 Å². The molecule has 74 valence electrons. The number of carbonyl (C=O) groups is 1. The molecule has 15 heavy (non-hydrogen) atoms. The summed E-state index contributed by atoms with van der Waals surface area (Å²) in [6.07, 6.45) is 4.55. The van der Waals surface area contributed by atoms with Gasteiger partial charge in [0.15, 0.2) is 0 Å². The molecule has 0 aliphatic heterocycles. The van der Waals surface area contributed by atoms with Crippen LogP contribution in [0.15, 0.2) is 48.1 Å². The molecule has 0 radical (unpaired) electrons. The average molecular weight is 199 g/mol. The molecule has 0 spiro atoms. The number of aliphatic carboxylic acids is 1. The lowest BCUT2D eigenvalue weighted by molar-refractivity contribution is -0.132. The van der Waals surface area contributed by atoms with E-state index in [-0.39, 0.29) is 5.57 Å². The van der Waals surface area contributed by atoms with E-state index in [0.717, 1.165) is 5.56 Å². The number of benzene rings is 1. The Labute approximate surface area is 87.6 Å². The van der Waals surface area contributed by atoms with E-state index in [1.54, 1.807) is 18.2 Å². The fourth-order valence-electron chi connectivity index (χ4n) is 0.976. The fraction of sp³-hybridized carbons (Fsp3) is 0. The minimum absolute atomic E-state index is 0.276. The summed E-state index contributed by atoms with van der Waals surface area (Å²) in [5.74, 6) is -1.21. The van der Waals surface area contributed by atoms with E-state index in [1.165, 1.54) is 6.08 Å². The van der Waals surface area contributed by atoms with Crippen LogP contribution >= 0.6 is 0 Å². The Morgan fingerprint density at radius 1 is 1.33 bits per heavy atom. The molecule has 1 aromatic carbocycles. The maximum atomic E-state index is 10.4. The molecule has 0 saturated heterocycles. The molecule has 0 aliphatic rings. The third-order valence-electron chi connectivity index (χ3n) is 1.70. The van der Waals surface area contributed by atoms with Crippen LogP contribution in [0.2, 0.25) is 0 Å². The van der Waals surface area contributed by atoms with E-state index in [1.807, 2.05) is 30.3 Å². The van der Waals surface area contributed by atoms with Gasteiger partial charge in [0.05, 0.1) is 0 Å². The van der Waals surface area contributed by atoms with Gasteiger partial charge in [-0.3, -0.25) is 0 Å². The first-order valence-electron chi connectivity index (χ1n) is 4.31. The predicted octanol–water partition coefficient (Wildman–Crippen LogP) is 2.23. The Morgan fingerprint density at radius 2 is 2.00 bits per heavy atom. The Morgan fingerprint density at radius 3 is 2.53 bits per heavy atom. The molecule has 3 heteroatoms. The van der Waals surface area contributed by atoms with E-state index in [4.69, 9.17) is 10.4 Å². The van der Waals surface area contributed by atoms with Gasteiger partial charge in [0.2, 0.25) is 0 Å². The first kappa shape index (κ1) is 10.7. The molecule has 1 rings (SSSR count). The third-order valence-corrected chi connectivity index (χ3v) is 1.70. The Bertz CT molecular complexity index is 438. The molecule has 0 aromatic heterocycles. The summed E-state index contributed by atoms with van der Waals surface area (Å²) >= 11 is 0. The van der Waals surface area contributed by atoms with Crippen molar-refractivity contribution in [3.8, 4) is 6.07 Å². The number of hydrogen-bond donors (Lipinski definition) is 1. The van der Waals surface area contributed by atoms with E-state index < -0.39 is 5.97 Å². The molecule has 0 amide bonds. The lowest BCUT2D eigenvalue weighted by atomic mass is 10.2. The van der Waals surface area contributed by atoms with Gasteiger partial charge in [-0.1, -0.05) is 42.5 Å². The maximum absolute atomic E-state index is 10.4. The summed E-state index contributed by atoms with van der Waals surface area (Å²) in [6, 6.07) is 11.0. The highest BCUT2D eigenvalue weighted by Gasteiger charge is 2.02. The Hall–Kier alpha value is -2.34. The average Bonchev–Trinajstić information content (AvgIpc) is 2.25. The number of carboxylic acid groups (broad SMARTS) is 1. The van der Waals surface area contributed by atoms with Crippen LogP contribution in [0.5, 0.6) is 0 Å². The molecular weight excluding hydrogens is 190 g/mol. The zero-order valence-electron chi connectivity index (χ0n) is 7.92. The van der Waals surface area contributed by atoms with E-state index in [0.29, 0.717) is 0 Å². The van der Waals surface area contributed by atoms with Crippen LogP contribution < -0.4 is 0 Å². The molecule has 1 aromatic rings. The molecule has 1 N–H and O–H groups in total. The largest absolute Gasteiger partial charge is 0.477 e. The smallest absolute Gasteiger partial charge is 0.346 e. The van der Waals surface area contributed by atoms with Gasteiger partial charge in [-0.15, -0.1) is 0 Å². The van der Waals surface area contributed by atoms with Crippen molar-refractivity contribution in [1.29, 1.82) is 5.26 Å². The van der Waals surface area contributed by atoms with Crippen LogP contribution in [0.4, 0.5) is 0 Å². The van der Waals surface area contributed by atoms with Crippen molar-refractivity contribution >= 4 is 12.0 Å². The normalized spacial score (nSPS) is 11.3. The van der Waals surface area contributed by atoms with Gasteiger partial charge in [-0.05, 0) is 11.6 Å². The quantitative estimate of drug-likeness (QED) is 0.461. The van der Waals surface area contributed by atoms with Gasteiger partial charge in [0, 0.05) is 0 Å². The fourth-order valence-corrected chi connectivity index (χ4v) is 0.976. The van der Waals surface area contributed by atoms with Crippen LogP contribution in [-0.4, -0.2) is 11.1 Å². The number of allylic oxidation sites excluding steroid dienone is 2. The molecule has 0 saturated carbocycles. The summed E-state index contributed by atoms with van der Waals surface area (Å²) < 4.78 is 0. The zero-order chi connectivity index (χ0) is 11.1.